The highest BCUT2D eigenvalue weighted by molar-refractivity contribution is 7.80. The van der Waals surface area contributed by atoms with Crippen LogP contribution in [0.1, 0.15) is 62.5 Å². The fourth-order valence-corrected chi connectivity index (χ4v) is 3.59. The van der Waals surface area contributed by atoms with Crippen LogP contribution >= 0.6 is 12.2 Å². The molecule has 0 aliphatic carbocycles. The Labute approximate surface area is 180 Å². The largest absolute Gasteiger partial charge is 0.450 e. The van der Waals surface area contributed by atoms with Gasteiger partial charge >= 0.3 is 0 Å². The predicted molar refractivity (Wildman–Crippen MR) is 121 cm³/mol. The summed E-state index contributed by atoms with van der Waals surface area (Å²) in [7, 11) is 0. The van der Waals surface area contributed by atoms with E-state index in [1.54, 1.807) is 0 Å². The van der Waals surface area contributed by atoms with Crippen LogP contribution in [0.4, 0.5) is 0 Å². The van der Waals surface area contributed by atoms with E-state index in [-0.39, 0.29) is 12.2 Å². The van der Waals surface area contributed by atoms with E-state index in [2.05, 4.69) is 50.2 Å². The summed E-state index contributed by atoms with van der Waals surface area (Å²) in [5.41, 5.74) is 3.75. The van der Waals surface area contributed by atoms with Crippen molar-refractivity contribution in [2.45, 2.75) is 58.7 Å². The third-order valence-corrected chi connectivity index (χ3v) is 5.68. The van der Waals surface area contributed by atoms with E-state index in [0.29, 0.717) is 18.3 Å². The van der Waals surface area contributed by atoms with E-state index < -0.39 is 0 Å². The van der Waals surface area contributed by atoms with Gasteiger partial charge in [0.05, 0.1) is 19.1 Å². The van der Waals surface area contributed by atoms with Crippen LogP contribution in [0.3, 0.4) is 0 Å². The van der Waals surface area contributed by atoms with E-state index in [1.165, 1.54) is 36.8 Å². The van der Waals surface area contributed by atoms with E-state index in [9.17, 15) is 0 Å². The number of thiocarbonyl (C=S) groups is 1. The van der Waals surface area contributed by atoms with Crippen molar-refractivity contribution < 1.29 is 14.2 Å². The SMILES string of the molecule is CCCCc1ccc(OC(=S)[C@H]2CO[C@H](c3ccc(CCCC)cc3)OC2)cc1. The normalized spacial score (nSPS) is 19.1. The molecule has 0 unspecified atom stereocenters. The van der Waals surface area contributed by atoms with Gasteiger partial charge in [-0.15, -0.1) is 0 Å². The van der Waals surface area contributed by atoms with Crippen molar-refractivity contribution in [1.82, 2.24) is 0 Å². The summed E-state index contributed by atoms with van der Waals surface area (Å²) in [4.78, 5) is 0. The molecule has 0 bridgehead atoms. The molecule has 156 valence electrons. The molecule has 3 rings (SSSR count). The summed E-state index contributed by atoms with van der Waals surface area (Å²) in [5, 5.41) is 0.527. The summed E-state index contributed by atoms with van der Waals surface area (Å²) < 4.78 is 17.7. The number of ether oxygens (including phenoxy) is 3. The van der Waals surface area contributed by atoms with Gasteiger partial charge in [-0.1, -0.05) is 63.1 Å². The molecular formula is C25H32O3S. The molecule has 1 saturated heterocycles. The second-order valence-corrected chi connectivity index (χ2v) is 8.11. The molecule has 0 saturated carbocycles. The van der Waals surface area contributed by atoms with E-state index in [0.717, 1.165) is 24.2 Å². The Hall–Kier alpha value is -1.75. The van der Waals surface area contributed by atoms with Gasteiger partial charge in [0, 0.05) is 5.56 Å². The fourth-order valence-electron chi connectivity index (χ4n) is 3.36. The monoisotopic (exact) mass is 412 g/mol. The number of rotatable bonds is 9. The Balaban J connectivity index is 1.46. The van der Waals surface area contributed by atoms with Gasteiger partial charge in [-0.05, 0) is 61.2 Å². The average molecular weight is 413 g/mol. The van der Waals surface area contributed by atoms with Crippen molar-refractivity contribution in [1.29, 1.82) is 0 Å². The van der Waals surface area contributed by atoms with E-state index in [4.69, 9.17) is 26.4 Å². The lowest BCUT2D eigenvalue weighted by Gasteiger charge is -2.29. The van der Waals surface area contributed by atoms with Crippen LogP contribution in [-0.2, 0) is 22.3 Å². The van der Waals surface area contributed by atoms with Crippen molar-refractivity contribution in [3.63, 3.8) is 0 Å². The highest BCUT2D eigenvalue weighted by Gasteiger charge is 2.27. The van der Waals surface area contributed by atoms with Crippen LogP contribution in [0, 0.1) is 5.92 Å². The molecule has 0 amide bonds. The Bertz CT molecular complexity index is 747. The van der Waals surface area contributed by atoms with Gasteiger partial charge in [-0.25, -0.2) is 0 Å². The zero-order valence-electron chi connectivity index (χ0n) is 17.6. The van der Waals surface area contributed by atoms with Gasteiger partial charge in [0.1, 0.15) is 5.75 Å². The molecule has 0 radical (unpaired) electrons. The number of unbranched alkanes of at least 4 members (excludes halogenated alkanes) is 2. The topological polar surface area (TPSA) is 27.7 Å². The third kappa shape index (κ3) is 6.63. The first-order valence-electron chi connectivity index (χ1n) is 10.8. The average Bonchev–Trinajstić information content (AvgIpc) is 2.77. The molecule has 0 aromatic heterocycles. The van der Waals surface area contributed by atoms with Crippen LogP contribution in [0.5, 0.6) is 5.75 Å². The molecule has 3 nitrogen and oxygen atoms in total. The van der Waals surface area contributed by atoms with Gasteiger partial charge in [-0.3, -0.25) is 0 Å². The van der Waals surface area contributed by atoms with E-state index in [1.807, 2.05) is 12.1 Å². The highest BCUT2D eigenvalue weighted by Crippen LogP contribution is 2.27. The van der Waals surface area contributed by atoms with Gasteiger partial charge in [0.2, 0.25) is 0 Å². The summed E-state index contributed by atoms with van der Waals surface area (Å²) >= 11 is 5.49. The molecule has 4 heteroatoms. The van der Waals surface area contributed by atoms with Gasteiger partial charge < -0.3 is 14.2 Å². The lowest BCUT2D eigenvalue weighted by molar-refractivity contribution is -0.195. The van der Waals surface area contributed by atoms with Crippen LogP contribution in [0.2, 0.25) is 0 Å². The van der Waals surface area contributed by atoms with Crippen LogP contribution < -0.4 is 4.74 Å². The van der Waals surface area contributed by atoms with Gasteiger partial charge in [0.15, 0.2) is 11.3 Å². The molecule has 2 aromatic carbocycles. The minimum Gasteiger partial charge on any atom is -0.450 e. The minimum absolute atomic E-state index is 0.0372. The van der Waals surface area contributed by atoms with Crippen molar-refractivity contribution in [3.05, 3.63) is 65.2 Å². The molecule has 0 atom stereocenters. The molecular weight excluding hydrogens is 380 g/mol. The lowest BCUT2D eigenvalue weighted by Crippen LogP contribution is -2.34. The Morgan fingerprint density at radius 2 is 1.38 bits per heavy atom. The molecule has 1 aliphatic heterocycles. The molecule has 1 fully saturated rings. The highest BCUT2D eigenvalue weighted by atomic mass is 32.1. The van der Waals surface area contributed by atoms with Crippen LogP contribution in [0.15, 0.2) is 48.5 Å². The van der Waals surface area contributed by atoms with E-state index >= 15 is 0 Å². The maximum absolute atomic E-state index is 5.93. The maximum atomic E-state index is 5.93. The Morgan fingerprint density at radius 3 is 1.90 bits per heavy atom. The minimum atomic E-state index is -0.327. The number of hydrogen-bond acceptors (Lipinski definition) is 4. The van der Waals surface area contributed by atoms with Crippen molar-refractivity contribution in [2.24, 2.45) is 5.92 Å². The first-order chi connectivity index (χ1) is 14.2. The first kappa shape index (κ1) is 21.9. The Kier molecular flexibility index (Phi) is 8.66. The zero-order chi connectivity index (χ0) is 20.5. The van der Waals surface area contributed by atoms with Gasteiger partial charge in [0.25, 0.3) is 0 Å². The van der Waals surface area contributed by atoms with Gasteiger partial charge in [-0.2, -0.15) is 0 Å². The van der Waals surface area contributed by atoms with Crippen LogP contribution in [0.25, 0.3) is 0 Å². The molecule has 1 aliphatic rings. The predicted octanol–water partition coefficient (Wildman–Crippen LogP) is 6.44. The number of aryl methyl sites for hydroxylation is 2. The van der Waals surface area contributed by atoms with Crippen molar-refractivity contribution >= 4 is 17.3 Å². The summed E-state index contributed by atoms with van der Waals surface area (Å²) in [6, 6.07) is 16.7. The molecule has 1 heterocycles. The summed E-state index contributed by atoms with van der Waals surface area (Å²) in [6.45, 7) is 5.44. The zero-order valence-corrected chi connectivity index (χ0v) is 18.4. The molecule has 0 spiro atoms. The smallest absolute Gasteiger partial charge is 0.183 e. The summed E-state index contributed by atoms with van der Waals surface area (Å²) in [5.74, 6) is 0.741. The second-order valence-electron chi connectivity index (χ2n) is 7.71. The number of benzene rings is 2. The molecule has 29 heavy (non-hydrogen) atoms. The second kappa shape index (κ2) is 11.4. The summed E-state index contributed by atoms with van der Waals surface area (Å²) in [6.07, 6.45) is 6.74. The van der Waals surface area contributed by atoms with Crippen LogP contribution in [-0.4, -0.2) is 18.3 Å². The Morgan fingerprint density at radius 1 is 0.862 bits per heavy atom. The first-order valence-corrected chi connectivity index (χ1v) is 11.2. The fraction of sp³-hybridized carbons (Fsp3) is 0.480. The number of hydrogen-bond donors (Lipinski definition) is 0. The quantitative estimate of drug-likeness (QED) is 0.443. The van der Waals surface area contributed by atoms with Crippen molar-refractivity contribution in [2.75, 3.05) is 13.2 Å². The maximum Gasteiger partial charge on any atom is 0.183 e. The van der Waals surface area contributed by atoms with Crippen molar-refractivity contribution in [3.8, 4) is 5.75 Å². The standard InChI is InChI=1S/C25H32O3S/c1-3-5-7-19-9-13-21(14-10-19)24-26-17-22(18-27-24)25(29)28-23-15-11-20(12-16-23)8-6-4-2/h9-16,22,24H,3-8,17-18H2,1-2H3/t22-,24-. The third-order valence-electron chi connectivity index (χ3n) is 5.26. The lowest BCUT2D eigenvalue weighted by atomic mass is 10.1. The molecule has 0 N–H and O–H groups in total. The molecule has 2 aromatic rings.